The molecule has 3 heterocycles. The van der Waals surface area contributed by atoms with Crippen molar-refractivity contribution >= 4 is 28.9 Å². The van der Waals surface area contributed by atoms with Crippen LogP contribution in [-0.4, -0.2) is 31.4 Å². The standard InChI is InChI=1S/C24H26ClN7/c25-17-4-1-3-16(13-17)14-28-22-6-2-5-20(31-22)21-15-29-24-23(27-11-12-32(21)24)30-19-9-7-18(26)8-10-19/h1-6,11-13,15,18-19H,7-10,14,26H2,(H,27,30)(H,28,31). The molecule has 1 aliphatic carbocycles. The van der Waals surface area contributed by atoms with Gasteiger partial charge in [-0.25, -0.2) is 15.0 Å². The van der Waals surface area contributed by atoms with E-state index < -0.39 is 0 Å². The highest BCUT2D eigenvalue weighted by Crippen LogP contribution is 2.26. The van der Waals surface area contributed by atoms with Crippen LogP contribution in [0.1, 0.15) is 31.2 Å². The minimum absolute atomic E-state index is 0.320. The molecule has 0 aliphatic heterocycles. The Hall–Kier alpha value is -3.16. The first-order chi connectivity index (χ1) is 15.7. The van der Waals surface area contributed by atoms with E-state index in [2.05, 4.69) is 20.6 Å². The molecule has 0 amide bonds. The van der Waals surface area contributed by atoms with Crippen molar-refractivity contribution in [3.63, 3.8) is 0 Å². The molecule has 1 aromatic carbocycles. The van der Waals surface area contributed by atoms with Gasteiger partial charge in [-0.15, -0.1) is 0 Å². The Morgan fingerprint density at radius 2 is 1.91 bits per heavy atom. The molecule has 0 atom stereocenters. The fourth-order valence-electron chi connectivity index (χ4n) is 4.18. The maximum absolute atomic E-state index is 6.09. The number of pyridine rings is 1. The second-order valence-corrected chi connectivity index (χ2v) is 8.70. The van der Waals surface area contributed by atoms with Crippen LogP contribution in [0, 0.1) is 0 Å². The molecule has 32 heavy (non-hydrogen) atoms. The third-order valence-electron chi connectivity index (χ3n) is 5.91. The number of imidazole rings is 1. The predicted molar refractivity (Wildman–Crippen MR) is 129 cm³/mol. The van der Waals surface area contributed by atoms with Crippen molar-refractivity contribution in [1.29, 1.82) is 0 Å². The second kappa shape index (κ2) is 9.14. The quantitative estimate of drug-likeness (QED) is 0.395. The highest BCUT2D eigenvalue weighted by Gasteiger charge is 2.20. The molecular weight excluding hydrogens is 422 g/mol. The minimum Gasteiger partial charge on any atom is -0.366 e. The van der Waals surface area contributed by atoms with Crippen LogP contribution in [-0.2, 0) is 6.54 Å². The van der Waals surface area contributed by atoms with Gasteiger partial charge >= 0.3 is 0 Å². The van der Waals surface area contributed by atoms with E-state index >= 15 is 0 Å². The first kappa shape index (κ1) is 20.7. The molecule has 1 fully saturated rings. The molecule has 0 saturated heterocycles. The first-order valence-corrected chi connectivity index (χ1v) is 11.3. The summed E-state index contributed by atoms with van der Waals surface area (Å²) >= 11 is 6.09. The van der Waals surface area contributed by atoms with Gasteiger partial charge in [-0.3, -0.25) is 4.40 Å². The third-order valence-corrected chi connectivity index (χ3v) is 6.15. The average molecular weight is 448 g/mol. The lowest BCUT2D eigenvalue weighted by molar-refractivity contribution is 0.410. The number of nitrogens with zero attached hydrogens (tertiary/aromatic N) is 4. The number of anilines is 2. The molecule has 4 N–H and O–H groups in total. The Balaban J connectivity index is 1.36. The SMILES string of the molecule is NC1CCC(Nc2nccn3c(-c4cccc(NCc5cccc(Cl)c5)n4)cnc23)CC1. The summed E-state index contributed by atoms with van der Waals surface area (Å²) < 4.78 is 2.03. The van der Waals surface area contributed by atoms with Crippen molar-refractivity contribution in [1.82, 2.24) is 19.4 Å². The van der Waals surface area contributed by atoms with E-state index in [0.29, 0.717) is 18.6 Å². The maximum Gasteiger partial charge on any atom is 0.180 e. The molecule has 164 valence electrons. The van der Waals surface area contributed by atoms with Gasteiger partial charge in [-0.05, 0) is 55.5 Å². The number of nitrogens with one attached hydrogen (secondary N) is 2. The van der Waals surface area contributed by atoms with Crippen LogP contribution < -0.4 is 16.4 Å². The Labute approximate surface area is 192 Å². The Morgan fingerprint density at radius 1 is 1.06 bits per heavy atom. The van der Waals surface area contributed by atoms with E-state index in [9.17, 15) is 0 Å². The number of hydrogen-bond donors (Lipinski definition) is 3. The lowest BCUT2D eigenvalue weighted by atomic mass is 9.92. The third kappa shape index (κ3) is 4.54. The summed E-state index contributed by atoms with van der Waals surface area (Å²) in [5.41, 5.74) is 9.71. The number of aromatic nitrogens is 4. The molecule has 0 radical (unpaired) electrons. The smallest absolute Gasteiger partial charge is 0.180 e. The molecule has 0 unspecified atom stereocenters. The van der Waals surface area contributed by atoms with Crippen molar-refractivity contribution in [3.05, 3.63) is 71.6 Å². The van der Waals surface area contributed by atoms with Crippen molar-refractivity contribution in [2.75, 3.05) is 10.6 Å². The molecule has 5 rings (SSSR count). The number of rotatable bonds is 6. The number of fused-ring (bicyclic) bond motifs is 1. The van der Waals surface area contributed by atoms with E-state index in [1.165, 1.54) is 0 Å². The van der Waals surface area contributed by atoms with Crippen LogP contribution in [0.5, 0.6) is 0 Å². The molecule has 0 bridgehead atoms. The fourth-order valence-corrected chi connectivity index (χ4v) is 4.40. The highest BCUT2D eigenvalue weighted by atomic mass is 35.5. The predicted octanol–water partition coefficient (Wildman–Crippen LogP) is 4.74. The first-order valence-electron chi connectivity index (χ1n) is 11.0. The van der Waals surface area contributed by atoms with Gasteiger partial charge in [0.05, 0.1) is 17.6 Å². The molecule has 4 aromatic rings. The van der Waals surface area contributed by atoms with Crippen LogP contribution in [0.3, 0.4) is 0 Å². The summed E-state index contributed by atoms with van der Waals surface area (Å²) in [4.78, 5) is 14.0. The van der Waals surface area contributed by atoms with Gasteiger partial charge in [0.15, 0.2) is 11.5 Å². The molecular formula is C24H26ClN7. The van der Waals surface area contributed by atoms with E-state index in [0.717, 1.165) is 64.9 Å². The largest absolute Gasteiger partial charge is 0.366 e. The number of halogens is 1. The zero-order valence-electron chi connectivity index (χ0n) is 17.7. The van der Waals surface area contributed by atoms with Gasteiger partial charge in [0.1, 0.15) is 5.82 Å². The Morgan fingerprint density at radius 3 is 2.75 bits per heavy atom. The van der Waals surface area contributed by atoms with Crippen LogP contribution in [0.25, 0.3) is 17.0 Å². The summed E-state index contributed by atoms with van der Waals surface area (Å²) in [6.07, 6.45) is 9.77. The topological polar surface area (TPSA) is 93.2 Å². The van der Waals surface area contributed by atoms with Gasteiger partial charge in [-0.1, -0.05) is 29.8 Å². The van der Waals surface area contributed by atoms with E-state index in [1.807, 2.05) is 59.3 Å². The molecule has 3 aromatic heterocycles. The van der Waals surface area contributed by atoms with Crippen molar-refractivity contribution in [2.45, 2.75) is 44.3 Å². The van der Waals surface area contributed by atoms with Crippen molar-refractivity contribution in [3.8, 4) is 11.4 Å². The van der Waals surface area contributed by atoms with Gasteiger partial charge in [0.25, 0.3) is 0 Å². The molecule has 1 aliphatic rings. The average Bonchev–Trinajstić information content (AvgIpc) is 3.25. The summed E-state index contributed by atoms with van der Waals surface area (Å²) in [6.45, 7) is 0.646. The lowest BCUT2D eigenvalue weighted by Crippen LogP contribution is -2.33. The maximum atomic E-state index is 6.09. The second-order valence-electron chi connectivity index (χ2n) is 8.26. The van der Waals surface area contributed by atoms with Gasteiger partial charge < -0.3 is 16.4 Å². The Bertz CT molecular complexity index is 1210. The number of benzene rings is 1. The molecule has 1 saturated carbocycles. The summed E-state index contributed by atoms with van der Waals surface area (Å²) in [5.74, 6) is 1.60. The van der Waals surface area contributed by atoms with Crippen molar-refractivity contribution < 1.29 is 0 Å². The van der Waals surface area contributed by atoms with Gasteiger partial charge in [-0.2, -0.15) is 0 Å². The summed E-state index contributed by atoms with van der Waals surface area (Å²) in [5, 5.41) is 7.67. The zero-order chi connectivity index (χ0) is 21.9. The lowest BCUT2D eigenvalue weighted by Gasteiger charge is -2.27. The van der Waals surface area contributed by atoms with Gasteiger partial charge in [0, 0.05) is 36.0 Å². The van der Waals surface area contributed by atoms with Crippen LogP contribution in [0.15, 0.2) is 61.1 Å². The van der Waals surface area contributed by atoms with E-state index in [4.69, 9.17) is 22.3 Å². The van der Waals surface area contributed by atoms with Crippen LogP contribution in [0.2, 0.25) is 5.02 Å². The fraction of sp³-hybridized carbons (Fsp3) is 0.292. The monoisotopic (exact) mass is 447 g/mol. The molecule has 7 nitrogen and oxygen atoms in total. The van der Waals surface area contributed by atoms with E-state index in [1.54, 1.807) is 6.20 Å². The summed E-state index contributed by atoms with van der Waals surface area (Å²) in [6, 6.07) is 14.4. The van der Waals surface area contributed by atoms with Gasteiger partial charge in [0.2, 0.25) is 0 Å². The molecule has 0 spiro atoms. The van der Waals surface area contributed by atoms with Crippen LogP contribution in [0.4, 0.5) is 11.6 Å². The Kier molecular flexibility index (Phi) is 5.92. The number of hydrogen-bond acceptors (Lipinski definition) is 6. The number of nitrogens with two attached hydrogens (primary N) is 1. The molecule has 8 heteroatoms. The van der Waals surface area contributed by atoms with Crippen LogP contribution >= 0.6 is 11.6 Å². The van der Waals surface area contributed by atoms with Crippen molar-refractivity contribution in [2.24, 2.45) is 5.73 Å². The highest BCUT2D eigenvalue weighted by molar-refractivity contribution is 6.30. The summed E-state index contributed by atoms with van der Waals surface area (Å²) in [7, 11) is 0. The minimum atomic E-state index is 0.320. The normalized spacial score (nSPS) is 18.6. The van der Waals surface area contributed by atoms with E-state index in [-0.39, 0.29) is 0 Å². The zero-order valence-corrected chi connectivity index (χ0v) is 18.5.